The molecule has 1 unspecified atom stereocenters. The molecule has 2 heterocycles. The lowest BCUT2D eigenvalue weighted by Crippen LogP contribution is -2.55. The Hall–Kier alpha value is -1.63. The normalized spacial score (nSPS) is 23.3. The zero-order chi connectivity index (χ0) is 16.1. The Morgan fingerprint density at radius 1 is 1.00 bits per heavy atom. The van der Waals surface area contributed by atoms with Gasteiger partial charge in [0.2, 0.25) is 17.7 Å². The average molecular weight is 310 g/mol. The highest BCUT2D eigenvalue weighted by Crippen LogP contribution is 2.17. The molecule has 0 saturated carbocycles. The van der Waals surface area contributed by atoms with Crippen LogP contribution in [-0.2, 0) is 14.4 Å². The summed E-state index contributed by atoms with van der Waals surface area (Å²) in [6, 6.07) is -0.193. The van der Waals surface area contributed by atoms with Gasteiger partial charge in [0.15, 0.2) is 0 Å². The molecule has 2 saturated heterocycles. The Morgan fingerprint density at radius 3 is 2.23 bits per heavy atom. The van der Waals surface area contributed by atoms with E-state index in [9.17, 15) is 14.4 Å². The van der Waals surface area contributed by atoms with E-state index in [1.807, 2.05) is 4.90 Å². The minimum atomic E-state index is -0.193. The molecule has 2 rings (SSSR count). The molecule has 22 heavy (non-hydrogen) atoms. The van der Waals surface area contributed by atoms with Crippen LogP contribution in [0, 0.1) is 0 Å². The maximum atomic E-state index is 12.4. The Balaban J connectivity index is 1.88. The fourth-order valence-electron chi connectivity index (χ4n) is 3.19. The van der Waals surface area contributed by atoms with Crippen LogP contribution in [-0.4, -0.2) is 84.8 Å². The van der Waals surface area contributed by atoms with Gasteiger partial charge in [0.05, 0.1) is 12.6 Å². The van der Waals surface area contributed by atoms with Crippen molar-refractivity contribution in [1.29, 1.82) is 0 Å². The first-order valence-corrected chi connectivity index (χ1v) is 8.02. The highest BCUT2D eigenvalue weighted by molar-refractivity contribution is 5.83. The van der Waals surface area contributed by atoms with Gasteiger partial charge in [-0.3, -0.25) is 19.3 Å². The van der Waals surface area contributed by atoms with Crippen LogP contribution in [0.5, 0.6) is 0 Å². The average Bonchev–Trinajstić information content (AvgIpc) is 2.54. The molecule has 0 aliphatic carbocycles. The maximum absolute atomic E-state index is 12.4. The lowest BCUT2D eigenvalue weighted by molar-refractivity contribution is -0.141. The molecule has 3 amide bonds. The number of likely N-dealkylation sites (N-methyl/N-ethyl adjacent to an activating group) is 1. The van der Waals surface area contributed by atoms with Crippen molar-refractivity contribution in [2.45, 2.75) is 32.2 Å². The number of amides is 3. The van der Waals surface area contributed by atoms with E-state index in [2.05, 4.69) is 5.32 Å². The molecule has 0 aromatic rings. The number of nitrogens with one attached hydrogen (secondary N) is 1. The first-order valence-electron chi connectivity index (χ1n) is 8.02. The molecule has 0 radical (unpaired) electrons. The van der Waals surface area contributed by atoms with Gasteiger partial charge in [0.1, 0.15) is 0 Å². The summed E-state index contributed by atoms with van der Waals surface area (Å²) in [5.74, 6) is 0.107. The van der Waals surface area contributed by atoms with Gasteiger partial charge in [-0.2, -0.15) is 0 Å². The third-order valence-electron chi connectivity index (χ3n) is 4.58. The quantitative estimate of drug-likeness (QED) is 0.746. The standard InChI is InChI=1S/C15H26N4O3/c1-12(20)17-7-9-18(10-8-17)14(21)11-19-6-4-3-5-13(19)15(22)16-2/h13H,3-11H2,1-2H3,(H,16,22). The van der Waals surface area contributed by atoms with Crippen LogP contribution in [0.3, 0.4) is 0 Å². The van der Waals surface area contributed by atoms with Crippen molar-refractivity contribution < 1.29 is 14.4 Å². The van der Waals surface area contributed by atoms with Gasteiger partial charge in [-0.1, -0.05) is 6.42 Å². The SMILES string of the molecule is CNC(=O)C1CCCCN1CC(=O)N1CCN(C(C)=O)CC1. The second kappa shape index (κ2) is 7.58. The molecule has 0 spiro atoms. The van der Waals surface area contributed by atoms with Crippen molar-refractivity contribution in [3.63, 3.8) is 0 Å². The Labute approximate surface area is 131 Å². The molecule has 7 heteroatoms. The summed E-state index contributed by atoms with van der Waals surface area (Å²) in [5, 5.41) is 2.69. The van der Waals surface area contributed by atoms with Crippen molar-refractivity contribution in [2.75, 3.05) is 46.3 Å². The molecule has 7 nitrogen and oxygen atoms in total. The predicted molar refractivity (Wildman–Crippen MR) is 82.1 cm³/mol. The van der Waals surface area contributed by atoms with Crippen molar-refractivity contribution in [3.8, 4) is 0 Å². The molecule has 2 aliphatic heterocycles. The van der Waals surface area contributed by atoms with E-state index in [0.717, 1.165) is 25.8 Å². The molecule has 2 fully saturated rings. The number of carbonyl (C=O) groups excluding carboxylic acids is 3. The predicted octanol–water partition coefficient (Wildman–Crippen LogP) is -0.722. The Morgan fingerprint density at radius 2 is 1.64 bits per heavy atom. The molecular weight excluding hydrogens is 284 g/mol. The summed E-state index contributed by atoms with van der Waals surface area (Å²) < 4.78 is 0. The lowest BCUT2D eigenvalue weighted by atomic mass is 10.0. The highest BCUT2D eigenvalue weighted by Gasteiger charge is 2.31. The number of rotatable bonds is 3. The van der Waals surface area contributed by atoms with Gasteiger partial charge in [0, 0.05) is 40.2 Å². The van der Waals surface area contributed by atoms with Crippen LogP contribution < -0.4 is 5.32 Å². The van der Waals surface area contributed by atoms with Crippen molar-refractivity contribution in [2.24, 2.45) is 0 Å². The number of carbonyl (C=O) groups is 3. The number of piperidine rings is 1. The number of likely N-dealkylation sites (tertiary alicyclic amines) is 1. The summed E-state index contributed by atoms with van der Waals surface area (Å²) in [7, 11) is 1.64. The van der Waals surface area contributed by atoms with Crippen LogP contribution in [0.1, 0.15) is 26.2 Å². The van der Waals surface area contributed by atoms with E-state index >= 15 is 0 Å². The Bertz CT molecular complexity index is 433. The van der Waals surface area contributed by atoms with E-state index in [4.69, 9.17) is 0 Å². The van der Waals surface area contributed by atoms with Crippen molar-refractivity contribution in [1.82, 2.24) is 20.0 Å². The first-order chi connectivity index (χ1) is 10.5. The zero-order valence-corrected chi connectivity index (χ0v) is 13.5. The van der Waals surface area contributed by atoms with E-state index < -0.39 is 0 Å². The smallest absolute Gasteiger partial charge is 0.237 e. The summed E-state index contributed by atoms with van der Waals surface area (Å²) >= 11 is 0. The van der Waals surface area contributed by atoms with Crippen LogP contribution in [0.4, 0.5) is 0 Å². The van der Waals surface area contributed by atoms with Gasteiger partial charge >= 0.3 is 0 Å². The van der Waals surface area contributed by atoms with Gasteiger partial charge in [-0.15, -0.1) is 0 Å². The topological polar surface area (TPSA) is 73.0 Å². The Kier molecular flexibility index (Phi) is 5.76. The molecule has 0 aromatic carbocycles. The summed E-state index contributed by atoms with van der Waals surface area (Å²) in [6.07, 6.45) is 2.87. The van der Waals surface area contributed by atoms with Crippen LogP contribution >= 0.6 is 0 Å². The molecule has 2 aliphatic rings. The highest BCUT2D eigenvalue weighted by atomic mass is 16.2. The second-order valence-corrected chi connectivity index (χ2v) is 5.98. The van der Waals surface area contributed by atoms with Gasteiger partial charge < -0.3 is 15.1 Å². The molecule has 0 bridgehead atoms. The molecular formula is C15H26N4O3. The third-order valence-corrected chi connectivity index (χ3v) is 4.58. The van der Waals surface area contributed by atoms with Crippen LogP contribution in [0.25, 0.3) is 0 Å². The van der Waals surface area contributed by atoms with Gasteiger partial charge in [0.25, 0.3) is 0 Å². The lowest BCUT2D eigenvalue weighted by Gasteiger charge is -2.38. The summed E-state index contributed by atoms with van der Waals surface area (Å²) in [5.41, 5.74) is 0. The summed E-state index contributed by atoms with van der Waals surface area (Å²) in [4.78, 5) is 41.2. The van der Waals surface area contributed by atoms with Crippen LogP contribution in [0.2, 0.25) is 0 Å². The van der Waals surface area contributed by atoms with E-state index in [-0.39, 0.29) is 30.3 Å². The largest absolute Gasteiger partial charge is 0.358 e. The monoisotopic (exact) mass is 310 g/mol. The number of hydrogen-bond donors (Lipinski definition) is 1. The molecule has 1 atom stereocenters. The van der Waals surface area contributed by atoms with E-state index in [1.165, 1.54) is 0 Å². The third kappa shape index (κ3) is 3.97. The number of piperazine rings is 1. The molecule has 124 valence electrons. The minimum absolute atomic E-state index is 0.00565. The number of hydrogen-bond acceptors (Lipinski definition) is 4. The van der Waals surface area contributed by atoms with Gasteiger partial charge in [-0.25, -0.2) is 0 Å². The fraction of sp³-hybridized carbons (Fsp3) is 0.800. The maximum Gasteiger partial charge on any atom is 0.237 e. The van der Waals surface area contributed by atoms with Crippen molar-refractivity contribution >= 4 is 17.7 Å². The molecule has 1 N–H and O–H groups in total. The second-order valence-electron chi connectivity index (χ2n) is 5.98. The molecule has 0 aromatic heterocycles. The minimum Gasteiger partial charge on any atom is -0.358 e. The van der Waals surface area contributed by atoms with Crippen LogP contribution in [0.15, 0.2) is 0 Å². The number of nitrogens with zero attached hydrogens (tertiary/aromatic N) is 3. The van der Waals surface area contributed by atoms with Gasteiger partial charge in [-0.05, 0) is 19.4 Å². The van der Waals surface area contributed by atoms with E-state index in [0.29, 0.717) is 26.2 Å². The first kappa shape index (κ1) is 16.7. The fourth-order valence-corrected chi connectivity index (χ4v) is 3.19. The van der Waals surface area contributed by atoms with E-state index in [1.54, 1.807) is 23.8 Å². The van der Waals surface area contributed by atoms with Crippen molar-refractivity contribution in [3.05, 3.63) is 0 Å². The zero-order valence-electron chi connectivity index (χ0n) is 13.5. The summed E-state index contributed by atoms with van der Waals surface area (Å²) in [6.45, 7) is 4.99.